The number of hydrogen-bond donors (Lipinski definition) is 1. The average molecular weight is 339 g/mol. The van der Waals surface area contributed by atoms with Gasteiger partial charge in [0.05, 0.1) is 16.7 Å². The molecule has 9 nitrogen and oxygen atoms in total. The van der Waals surface area contributed by atoms with E-state index in [-0.39, 0.29) is 17.9 Å². The van der Waals surface area contributed by atoms with Crippen molar-refractivity contribution < 1.29 is 19.6 Å². The number of rotatable bonds is 6. The number of nitro groups is 1. The van der Waals surface area contributed by atoms with E-state index in [4.69, 9.17) is 10.00 Å². The topological polar surface area (TPSA) is 141 Å². The summed E-state index contributed by atoms with van der Waals surface area (Å²) < 4.78 is 5.22. The second-order valence-corrected chi connectivity index (χ2v) is 4.67. The third-order valence-corrected chi connectivity index (χ3v) is 2.95. The third-order valence-electron chi connectivity index (χ3n) is 2.95. The Morgan fingerprint density at radius 3 is 2.84 bits per heavy atom. The molecule has 1 N–H and O–H groups in total. The zero-order valence-corrected chi connectivity index (χ0v) is 12.7. The maximum atomic E-state index is 11.6. The zero-order chi connectivity index (χ0) is 18.2. The van der Waals surface area contributed by atoms with E-state index in [0.717, 1.165) is 18.3 Å². The molecule has 0 bridgehead atoms. The number of carbonyl (C=O) groups excluding carboxylic acids is 1. The molecule has 0 unspecified atom stereocenters. The van der Waals surface area contributed by atoms with Crippen LogP contribution in [0.25, 0.3) is 0 Å². The Morgan fingerprint density at radius 1 is 1.36 bits per heavy atom. The van der Waals surface area contributed by atoms with Crippen LogP contribution >= 0.6 is 0 Å². The molecule has 0 saturated heterocycles. The molecule has 2 aromatic rings. The molecule has 2 aromatic carbocycles. The van der Waals surface area contributed by atoms with Gasteiger partial charge in [0, 0.05) is 11.6 Å². The fourth-order valence-electron chi connectivity index (χ4n) is 1.80. The Morgan fingerprint density at radius 2 is 2.12 bits per heavy atom. The molecule has 9 heteroatoms. The van der Waals surface area contributed by atoms with Crippen LogP contribution in [0.3, 0.4) is 0 Å². The van der Waals surface area contributed by atoms with E-state index in [0.29, 0.717) is 5.56 Å². The summed E-state index contributed by atoms with van der Waals surface area (Å²) >= 11 is 0. The highest BCUT2D eigenvalue weighted by Crippen LogP contribution is 2.22. The van der Waals surface area contributed by atoms with Crippen molar-refractivity contribution in [1.29, 1.82) is 5.26 Å². The fraction of sp³-hybridized carbons (Fsp3) is 0.0625. The van der Waals surface area contributed by atoms with E-state index < -0.39 is 22.3 Å². The Bertz CT molecular complexity index is 873. The number of benzene rings is 2. The lowest BCUT2D eigenvalue weighted by Gasteiger charge is -2.07. The van der Waals surface area contributed by atoms with E-state index in [1.54, 1.807) is 24.3 Å². The number of nitrogens with one attached hydrogen (secondary N) is 1. The van der Waals surface area contributed by atoms with E-state index >= 15 is 0 Å². The molecule has 0 fully saturated rings. The van der Waals surface area contributed by atoms with Crippen LogP contribution < -0.4 is 15.3 Å². The van der Waals surface area contributed by atoms with Gasteiger partial charge in [-0.15, -0.1) is 0 Å². The quantitative estimate of drug-likeness (QED) is 0.474. The van der Waals surface area contributed by atoms with Crippen LogP contribution in [0.2, 0.25) is 0 Å². The molecule has 0 saturated carbocycles. The van der Waals surface area contributed by atoms with Crippen molar-refractivity contribution in [2.24, 2.45) is 5.10 Å². The SMILES string of the molecule is N#Cc1ccccc1OCC(=O)NN=Cc1ccc([O-])c([N+](=O)[O-])c1. The largest absolute Gasteiger partial charge is 0.868 e. The summed E-state index contributed by atoms with van der Waals surface area (Å²) in [6, 6.07) is 11.8. The highest BCUT2D eigenvalue weighted by Gasteiger charge is 2.07. The number of nitrogens with zero attached hydrogens (tertiary/aromatic N) is 3. The molecule has 0 aliphatic carbocycles. The van der Waals surface area contributed by atoms with E-state index in [9.17, 15) is 20.0 Å². The lowest BCUT2D eigenvalue weighted by Crippen LogP contribution is -2.24. The van der Waals surface area contributed by atoms with Gasteiger partial charge in [-0.1, -0.05) is 24.3 Å². The molecule has 0 aliphatic rings. The van der Waals surface area contributed by atoms with Gasteiger partial charge in [0.25, 0.3) is 11.6 Å². The minimum absolute atomic E-state index is 0.269. The Labute approximate surface area is 141 Å². The van der Waals surface area contributed by atoms with Gasteiger partial charge < -0.3 is 9.84 Å². The first-order valence-electron chi connectivity index (χ1n) is 6.90. The molecule has 0 aliphatic heterocycles. The van der Waals surface area contributed by atoms with Gasteiger partial charge in [0.15, 0.2) is 6.61 Å². The molecule has 0 spiro atoms. The summed E-state index contributed by atoms with van der Waals surface area (Å²) in [5, 5.41) is 34.5. The molecule has 25 heavy (non-hydrogen) atoms. The van der Waals surface area contributed by atoms with Gasteiger partial charge in [-0.3, -0.25) is 14.9 Å². The van der Waals surface area contributed by atoms with Crippen molar-refractivity contribution in [3.05, 3.63) is 63.7 Å². The second kappa shape index (κ2) is 8.07. The molecular weight excluding hydrogens is 328 g/mol. The molecule has 0 aromatic heterocycles. The van der Waals surface area contributed by atoms with Crippen LogP contribution in [0.4, 0.5) is 5.69 Å². The van der Waals surface area contributed by atoms with Crippen molar-refractivity contribution in [3.8, 4) is 17.6 Å². The zero-order valence-electron chi connectivity index (χ0n) is 12.7. The number of nitriles is 1. The molecule has 0 atom stereocenters. The van der Waals surface area contributed by atoms with Crippen molar-refractivity contribution in [3.63, 3.8) is 0 Å². The summed E-state index contributed by atoms with van der Waals surface area (Å²) in [5.41, 5.74) is 2.17. The normalized spacial score (nSPS) is 10.2. The van der Waals surface area contributed by atoms with Crippen LogP contribution in [0.5, 0.6) is 11.5 Å². The van der Waals surface area contributed by atoms with Crippen LogP contribution in [-0.2, 0) is 4.79 Å². The van der Waals surface area contributed by atoms with E-state index in [2.05, 4.69) is 10.5 Å². The number of hydrogen-bond acceptors (Lipinski definition) is 7. The summed E-state index contributed by atoms with van der Waals surface area (Å²) in [6.45, 7) is -0.365. The first kappa shape index (κ1) is 17.4. The average Bonchev–Trinajstić information content (AvgIpc) is 2.61. The van der Waals surface area contributed by atoms with Gasteiger partial charge in [-0.2, -0.15) is 10.4 Å². The third kappa shape index (κ3) is 4.77. The predicted octanol–water partition coefficient (Wildman–Crippen LogP) is 1.07. The number of hydrazone groups is 1. The van der Waals surface area contributed by atoms with Crippen LogP contribution in [0.1, 0.15) is 11.1 Å². The van der Waals surface area contributed by atoms with Crippen molar-refractivity contribution >= 4 is 17.8 Å². The number of amides is 1. The van der Waals surface area contributed by atoms with Gasteiger partial charge in [0.2, 0.25) is 0 Å². The maximum absolute atomic E-state index is 11.6. The van der Waals surface area contributed by atoms with E-state index in [1.165, 1.54) is 6.07 Å². The lowest BCUT2D eigenvalue weighted by atomic mass is 10.2. The van der Waals surface area contributed by atoms with Gasteiger partial charge in [-0.25, -0.2) is 5.43 Å². The summed E-state index contributed by atoms with van der Waals surface area (Å²) in [6.07, 6.45) is 1.16. The molecule has 0 radical (unpaired) electrons. The maximum Gasteiger partial charge on any atom is 0.277 e. The predicted molar refractivity (Wildman–Crippen MR) is 84.9 cm³/mol. The second-order valence-electron chi connectivity index (χ2n) is 4.67. The number of nitro benzene ring substituents is 1. The summed E-state index contributed by atoms with van der Waals surface area (Å²) in [7, 11) is 0. The van der Waals surface area contributed by atoms with Gasteiger partial charge in [0.1, 0.15) is 11.8 Å². The van der Waals surface area contributed by atoms with Crippen LogP contribution in [-0.4, -0.2) is 23.7 Å². The van der Waals surface area contributed by atoms with Crippen LogP contribution in [0, 0.1) is 21.4 Å². The minimum atomic E-state index is -0.793. The van der Waals surface area contributed by atoms with Gasteiger partial charge >= 0.3 is 0 Å². The number of ether oxygens (including phenoxy) is 1. The Kier molecular flexibility index (Phi) is 5.63. The summed E-state index contributed by atoms with van der Waals surface area (Å²) in [4.78, 5) is 21.5. The highest BCUT2D eigenvalue weighted by molar-refractivity contribution is 5.84. The molecule has 0 heterocycles. The van der Waals surface area contributed by atoms with E-state index in [1.807, 2.05) is 6.07 Å². The molecule has 2 rings (SSSR count). The lowest BCUT2D eigenvalue weighted by molar-refractivity contribution is -0.398. The minimum Gasteiger partial charge on any atom is -0.868 e. The number of carbonyl (C=O) groups is 1. The summed E-state index contributed by atoms with van der Waals surface area (Å²) in [5.74, 6) is -1.03. The highest BCUT2D eigenvalue weighted by atomic mass is 16.6. The first-order valence-corrected chi connectivity index (χ1v) is 6.90. The molecule has 126 valence electrons. The Hall–Kier alpha value is -3.93. The Balaban J connectivity index is 1.92. The van der Waals surface area contributed by atoms with Gasteiger partial charge in [-0.05, 0) is 17.9 Å². The monoisotopic (exact) mass is 339 g/mol. The fourth-order valence-corrected chi connectivity index (χ4v) is 1.80. The standard InChI is InChI=1S/C16H12N4O5/c17-8-12-3-1-2-4-15(12)25-10-16(22)19-18-9-11-5-6-14(21)13(7-11)20(23)24/h1-7,9,21H,10H2,(H,19,22)/p-1. The van der Waals surface area contributed by atoms with Crippen LogP contribution in [0.15, 0.2) is 47.6 Å². The number of para-hydroxylation sites is 1. The van der Waals surface area contributed by atoms with Crippen molar-refractivity contribution in [1.82, 2.24) is 5.43 Å². The van der Waals surface area contributed by atoms with Crippen molar-refractivity contribution in [2.45, 2.75) is 0 Å². The van der Waals surface area contributed by atoms with Crippen molar-refractivity contribution in [2.75, 3.05) is 6.61 Å². The first-order chi connectivity index (χ1) is 12.0. The smallest absolute Gasteiger partial charge is 0.277 e. The molecular formula is C16H11N4O5-. The molecule has 1 amide bonds.